The number of amidine groups is 1. The van der Waals surface area contributed by atoms with Crippen molar-refractivity contribution in [3.8, 4) is 0 Å². The first kappa shape index (κ1) is 22.1. The summed E-state index contributed by atoms with van der Waals surface area (Å²) >= 11 is 0. The van der Waals surface area contributed by atoms with Gasteiger partial charge in [-0.15, -0.1) is 5.10 Å². The van der Waals surface area contributed by atoms with Gasteiger partial charge in [0.15, 0.2) is 0 Å². The Bertz CT molecular complexity index is 885. The summed E-state index contributed by atoms with van der Waals surface area (Å²) in [5.41, 5.74) is 5.13. The predicted molar refractivity (Wildman–Crippen MR) is 120 cm³/mol. The molecule has 0 aliphatic rings. The number of hydrogen-bond acceptors (Lipinski definition) is 4. The van der Waals surface area contributed by atoms with Gasteiger partial charge in [-0.05, 0) is 43.0 Å². The third-order valence-corrected chi connectivity index (χ3v) is 4.54. The van der Waals surface area contributed by atoms with Crippen molar-refractivity contribution in [1.82, 2.24) is 9.91 Å². The van der Waals surface area contributed by atoms with E-state index in [1.54, 1.807) is 6.21 Å². The first-order valence-corrected chi connectivity index (χ1v) is 9.49. The Labute approximate surface area is 172 Å². The third-order valence-electron chi connectivity index (χ3n) is 4.54. The van der Waals surface area contributed by atoms with Gasteiger partial charge >= 0.3 is 6.03 Å². The minimum atomic E-state index is -0.360. The van der Waals surface area contributed by atoms with Gasteiger partial charge in [-0.2, -0.15) is 5.10 Å². The van der Waals surface area contributed by atoms with Crippen LogP contribution in [-0.2, 0) is 6.42 Å². The molecule has 7 nitrogen and oxygen atoms in total. The second-order valence-electron chi connectivity index (χ2n) is 7.21. The molecular formula is C22H30N6O. The lowest BCUT2D eigenvalue weighted by Gasteiger charge is -2.18. The Balaban J connectivity index is 2.14. The van der Waals surface area contributed by atoms with Gasteiger partial charge in [0.2, 0.25) is 0 Å². The zero-order valence-corrected chi connectivity index (χ0v) is 17.8. The Morgan fingerprint density at radius 2 is 1.79 bits per heavy atom. The molecule has 0 aliphatic heterocycles. The predicted octanol–water partition coefficient (Wildman–Crippen LogP) is 3.57. The number of carbonyl (C=O) groups excluding carboxylic acids is 1. The number of carbonyl (C=O) groups is 1. The van der Waals surface area contributed by atoms with Crippen molar-refractivity contribution in [2.45, 2.75) is 26.7 Å². The maximum absolute atomic E-state index is 12.0. The Kier molecular flexibility index (Phi) is 7.91. The van der Waals surface area contributed by atoms with Gasteiger partial charge in [0.05, 0.1) is 6.21 Å². The average molecular weight is 395 g/mol. The van der Waals surface area contributed by atoms with E-state index in [2.05, 4.69) is 22.4 Å². The molecule has 0 bridgehead atoms. The van der Waals surface area contributed by atoms with E-state index >= 15 is 0 Å². The van der Waals surface area contributed by atoms with E-state index in [1.165, 1.54) is 12.6 Å². The summed E-state index contributed by atoms with van der Waals surface area (Å²) in [6, 6.07) is 13.6. The first-order chi connectivity index (χ1) is 13.8. The highest BCUT2D eigenvalue weighted by atomic mass is 16.2. The zero-order chi connectivity index (χ0) is 21.4. The van der Waals surface area contributed by atoms with Crippen LogP contribution in [0.3, 0.4) is 0 Å². The molecule has 154 valence electrons. The number of aryl methyl sites for hydroxylation is 2. The number of anilines is 1. The standard InChI is InChI=1S/C22H30N6O/c1-16-9-11-18(12-10-16)15-24-26-21(27(3)4)14-13-19-17(2)7-6-8-20(19)25-22(29)28(5)23/h6-12,15H,13-14,23H2,1-5H3,(H,25,29). The highest BCUT2D eigenvalue weighted by Gasteiger charge is 2.12. The van der Waals surface area contributed by atoms with Crippen LogP contribution in [0.15, 0.2) is 52.7 Å². The molecule has 0 atom stereocenters. The number of nitrogens with two attached hydrogens (primary N) is 1. The molecule has 0 aliphatic carbocycles. The molecule has 2 aromatic rings. The Morgan fingerprint density at radius 1 is 1.10 bits per heavy atom. The van der Waals surface area contributed by atoms with Crippen molar-refractivity contribution < 1.29 is 4.79 Å². The van der Waals surface area contributed by atoms with Crippen molar-refractivity contribution in [3.63, 3.8) is 0 Å². The highest BCUT2D eigenvalue weighted by Crippen LogP contribution is 2.22. The van der Waals surface area contributed by atoms with Crippen molar-refractivity contribution in [2.75, 3.05) is 26.5 Å². The third kappa shape index (κ3) is 6.73. The van der Waals surface area contributed by atoms with Gasteiger partial charge in [0.1, 0.15) is 5.84 Å². The van der Waals surface area contributed by atoms with Crippen LogP contribution >= 0.6 is 0 Å². The molecule has 0 heterocycles. The molecule has 0 saturated carbocycles. The van der Waals surface area contributed by atoms with Crippen molar-refractivity contribution in [3.05, 3.63) is 64.7 Å². The number of nitrogens with zero attached hydrogens (tertiary/aromatic N) is 4. The lowest BCUT2D eigenvalue weighted by atomic mass is 10.0. The minimum Gasteiger partial charge on any atom is -0.365 e. The summed E-state index contributed by atoms with van der Waals surface area (Å²) in [7, 11) is 5.40. The smallest absolute Gasteiger partial charge is 0.335 e. The quantitative estimate of drug-likeness (QED) is 0.258. The molecule has 2 rings (SSSR count). The largest absolute Gasteiger partial charge is 0.365 e. The van der Waals surface area contributed by atoms with Gasteiger partial charge in [-0.3, -0.25) is 5.01 Å². The van der Waals surface area contributed by atoms with Crippen molar-refractivity contribution in [1.29, 1.82) is 0 Å². The van der Waals surface area contributed by atoms with E-state index in [0.29, 0.717) is 12.8 Å². The van der Waals surface area contributed by atoms with E-state index in [9.17, 15) is 4.79 Å². The molecule has 0 spiro atoms. The summed E-state index contributed by atoms with van der Waals surface area (Å²) in [6.45, 7) is 4.08. The van der Waals surface area contributed by atoms with Gasteiger partial charge in [-0.25, -0.2) is 10.6 Å². The molecule has 2 aromatic carbocycles. The fourth-order valence-corrected chi connectivity index (χ4v) is 2.77. The van der Waals surface area contributed by atoms with Gasteiger partial charge in [0.25, 0.3) is 0 Å². The van der Waals surface area contributed by atoms with Crippen molar-refractivity contribution >= 4 is 23.8 Å². The van der Waals surface area contributed by atoms with Crippen LogP contribution in [0.4, 0.5) is 10.5 Å². The van der Waals surface area contributed by atoms with Gasteiger partial charge < -0.3 is 10.2 Å². The van der Waals surface area contributed by atoms with Gasteiger partial charge in [0, 0.05) is 33.3 Å². The summed E-state index contributed by atoms with van der Waals surface area (Å²) in [5, 5.41) is 12.5. The van der Waals surface area contributed by atoms with E-state index in [0.717, 1.165) is 33.2 Å². The molecule has 3 N–H and O–H groups in total. The number of nitrogens with one attached hydrogen (secondary N) is 1. The minimum absolute atomic E-state index is 0.360. The number of benzene rings is 2. The van der Waals surface area contributed by atoms with Crippen LogP contribution in [0.5, 0.6) is 0 Å². The summed E-state index contributed by atoms with van der Waals surface area (Å²) in [6.07, 6.45) is 3.15. The zero-order valence-electron chi connectivity index (χ0n) is 17.8. The maximum Gasteiger partial charge on any atom is 0.335 e. The monoisotopic (exact) mass is 394 g/mol. The van der Waals surface area contributed by atoms with Gasteiger partial charge in [-0.1, -0.05) is 42.0 Å². The van der Waals surface area contributed by atoms with Crippen LogP contribution in [0.25, 0.3) is 0 Å². The van der Waals surface area contributed by atoms with Crippen LogP contribution in [0.1, 0.15) is 28.7 Å². The second-order valence-corrected chi connectivity index (χ2v) is 7.21. The number of hydrazine groups is 1. The molecule has 0 fully saturated rings. The average Bonchev–Trinajstić information content (AvgIpc) is 2.67. The molecular weight excluding hydrogens is 364 g/mol. The van der Waals surface area contributed by atoms with Crippen LogP contribution in [-0.4, -0.2) is 49.1 Å². The van der Waals surface area contributed by atoms with E-state index in [1.807, 2.05) is 68.4 Å². The van der Waals surface area contributed by atoms with Crippen LogP contribution in [0.2, 0.25) is 0 Å². The number of hydrogen-bond donors (Lipinski definition) is 2. The number of rotatable bonds is 6. The molecule has 0 radical (unpaired) electrons. The van der Waals surface area contributed by atoms with Crippen LogP contribution in [0, 0.1) is 13.8 Å². The lowest BCUT2D eigenvalue weighted by Crippen LogP contribution is -2.37. The summed E-state index contributed by atoms with van der Waals surface area (Å²) in [4.78, 5) is 13.9. The lowest BCUT2D eigenvalue weighted by molar-refractivity contribution is 0.223. The maximum atomic E-state index is 12.0. The molecule has 0 aromatic heterocycles. The van der Waals surface area contributed by atoms with E-state index in [-0.39, 0.29) is 6.03 Å². The molecule has 7 heteroatoms. The molecule has 29 heavy (non-hydrogen) atoms. The Hall–Kier alpha value is -3.19. The number of amides is 2. The fraction of sp³-hybridized carbons (Fsp3) is 0.318. The highest BCUT2D eigenvalue weighted by molar-refractivity contribution is 5.90. The first-order valence-electron chi connectivity index (χ1n) is 9.49. The summed E-state index contributed by atoms with van der Waals surface area (Å²) < 4.78 is 0. The Morgan fingerprint density at radius 3 is 2.41 bits per heavy atom. The SMILES string of the molecule is Cc1ccc(C=NN=C(CCc2c(C)cccc2NC(=O)N(C)N)N(C)C)cc1. The topological polar surface area (TPSA) is 86.3 Å². The number of urea groups is 1. The molecule has 0 unspecified atom stereocenters. The second kappa shape index (κ2) is 10.4. The fourth-order valence-electron chi connectivity index (χ4n) is 2.77. The van der Waals surface area contributed by atoms with Crippen LogP contribution < -0.4 is 11.2 Å². The normalized spacial score (nSPS) is 11.6. The molecule has 0 saturated heterocycles. The van der Waals surface area contributed by atoms with Crippen molar-refractivity contribution in [2.24, 2.45) is 16.0 Å². The van der Waals surface area contributed by atoms with E-state index in [4.69, 9.17) is 5.84 Å². The summed E-state index contributed by atoms with van der Waals surface area (Å²) in [5.74, 6) is 6.38. The van der Waals surface area contributed by atoms with E-state index < -0.39 is 0 Å². The molecule has 2 amide bonds.